The van der Waals surface area contributed by atoms with Crippen LogP contribution in [-0.4, -0.2) is 63.5 Å². The second-order valence-electron chi connectivity index (χ2n) is 7.09. The molecule has 28 heavy (non-hydrogen) atoms. The van der Waals surface area contributed by atoms with Crippen molar-refractivity contribution in [2.24, 2.45) is 0 Å². The minimum Gasteiger partial charge on any atom is -0.372 e. The molecule has 0 saturated carbocycles. The largest absolute Gasteiger partial charge is 0.372 e. The van der Waals surface area contributed by atoms with E-state index in [9.17, 15) is 4.79 Å². The molecule has 1 fully saturated rings. The molecule has 4 heterocycles. The summed E-state index contributed by atoms with van der Waals surface area (Å²) in [6.45, 7) is 5.27. The molecule has 0 radical (unpaired) electrons. The molecule has 5 rings (SSSR count). The molecule has 2 amide bonds. The van der Waals surface area contributed by atoms with Gasteiger partial charge in [-0.15, -0.1) is 10.2 Å². The Labute approximate surface area is 162 Å². The van der Waals surface area contributed by atoms with Gasteiger partial charge in [-0.25, -0.2) is 4.79 Å². The number of urea groups is 1. The van der Waals surface area contributed by atoms with Crippen molar-refractivity contribution in [1.82, 2.24) is 30.0 Å². The smallest absolute Gasteiger partial charge is 0.317 e. The Balaban J connectivity index is 1.18. The third-order valence-corrected chi connectivity index (χ3v) is 5.47. The molecule has 0 spiro atoms. The van der Waals surface area contributed by atoms with Gasteiger partial charge in [0.2, 0.25) is 0 Å². The zero-order chi connectivity index (χ0) is 18.9. The zero-order valence-electron chi connectivity index (χ0n) is 15.6. The average molecular weight is 381 g/mol. The molecule has 2 aromatic heterocycles. The van der Waals surface area contributed by atoms with Crippen LogP contribution in [-0.2, 0) is 24.4 Å². The monoisotopic (exact) mass is 381 g/mol. The number of aromatic amines is 1. The van der Waals surface area contributed by atoms with E-state index in [0.29, 0.717) is 32.8 Å². The van der Waals surface area contributed by atoms with E-state index in [4.69, 9.17) is 4.74 Å². The second kappa shape index (κ2) is 7.16. The molecule has 146 valence electrons. The third-order valence-electron chi connectivity index (χ3n) is 5.47. The van der Waals surface area contributed by atoms with Gasteiger partial charge in [0.25, 0.3) is 0 Å². The number of rotatable bonds is 3. The highest BCUT2D eigenvalue weighted by atomic mass is 16.5. The number of hydrogen-bond acceptors (Lipinski definition) is 5. The van der Waals surface area contributed by atoms with Crippen LogP contribution >= 0.6 is 0 Å². The van der Waals surface area contributed by atoms with Gasteiger partial charge in [0.1, 0.15) is 6.61 Å². The quantitative estimate of drug-likeness (QED) is 0.714. The molecule has 0 aliphatic carbocycles. The Hall–Kier alpha value is -3.07. The number of H-pyrrole nitrogens is 1. The summed E-state index contributed by atoms with van der Waals surface area (Å²) in [6, 6.07) is 8.34. The van der Waals surface area contributed by atoms with Crippen LogP contribution in [0.4, 0.5) is 10.5 Å². The van der Waals surface area contributed by atoms with Gasteiger partial charge in [0.05, 0.1) is 13.2 Å². The zero-order valence-corrected chi connectivity index (χ0v) is 15.6. The summed E-state index contributed by atoms with van der Waals surface area (Å²) in [5.41, 5.74) is 2.36. The Morgan fingerprint density at radius 1 is 1.14 bits per heavy atom. The van der Waals surface area contributed by atoms with E-state index in [0.717, 1.165) is 36.8 Å². The maximum Gasteiger partial charge on any atom is 0.317 e. The van der Waals surface area contributed by atoms with Gasteiger partial charge >= 0.3 is 6.03 Å². The minimum atomic E-state index is -0.0519. The van der Waals surface area contributed by atoms with Gasteiger partial charge in [-0.1, -0.05) is 6.07 Å². The van der Waals surface area contributed by atoms with E-state index in [2.05, 4.69) is 49.7 Å². The highest BCUT2D eigenvalue weighted by molar-refractivity contribution is 5.92. The molecule has 9 heteroatoms. The van der Waals surface area contributed by atoms with Gasteiger partial charge in [-0.05, 0) is 18.2 Å². The lowest BCUT2D eigenvalue weighted by Gasteiger charge is -2.36. The molecule has 0 unspecified atom stereocenters. The highest BCUT2D eigenvalue weighted by Gasteiger charge is 2.23. The fourth-order valence-electron chi connectivity index (χ4n) is 3.95. The number of nitrogens with one attached hydrogen (secondary N) is 2. The van der Waals surface area contributed by atoms with Gasteiger partial charge < -0.3 is 29.4 Å². The number of aromatic nitrogens is 4. The van der Waals surface area contributed by atoms with E-state index >= 15 is 0 Å². The summed E-state index contributed by atoms with van der Waals surface area (Å²) >= 11 is 0. The lowest BCUT2D eigenvalue weighted by Crippen LogP contribution is -2.51. The van der Waals surface area contributed by atoms with Crippen LogP contribution in [0.1, 0.15) is 11.6 Å². The fourth-order valence-corrected chi connectivity index (χ4v) is 3.95. The summed E-state index contributed by atoms with van der Waals surface area (Å²) in [4.78, 5) is 20.0. The molecule has 2 aliphatic rings. The van der Waals surface area contributed by atoms with Crippen molar-refractivity contribution in [2.45, 2.75) is 19.7 Å². The fraction of sp³-hybridized carbons (Fsp3) is 0.421. The average Bonchev–Trinajstić information content (AvgIpc) is 3.39. The number of hydrogen-bond donors (Lipinski definition) is 2. The van der Waals surface area contributed by atoms with Crippen molar-refractivity contribution in [3.8, 4) is 0 Å². The molecule has 2 N–H and O–H groups in total. The first kappa shape index (κ1) is 17.1. The van der Waals surface area contributed by atoms with Crippen LogP contribution in [0.2, 0.25) is 0 Å². The Morgan fingerprint density at radius 2 is 2.04 bits per heavy atom. The van der Waals surface area contributed by atoms with Crippen molar-refractivity contribution in [3.05, 3.63) is 42.1 Å². The predicted octanol–water partition coefficient (Wildman–Crippen LogP) is 1.32. The number of piperazine rings is 1. The maximum absolute atomic E-state index is 12.6. The summed E-state index contributed by atoms with van der Waals surface area (Å²) in [5, 5.41) is 12.5. The molecule has 2 aliphatic heterocycles. The van der Waals surface area contributed by atoms with E-state index in [1.54, 1.807) is 0 Å². The number of benzene rings is 1. The highest BCUT2D eigenvalue weighted by Crippen LogP contribution is 2.26. The normalized spacial score (nSPS) is 17.0. The molecule has 3 aromatic rings. The standard InChI is InChI=1S/C19H23N7O2/c27-19(21-12-17-22-23-18-13-28-11-10-26(17)18)25-8-6-24(7-9-25)16-3-1-2-15-14(16)4-5-20-15/h1-5,20H,6-13H2,(H,21,27). The third kappa shape index (κ3) is 3.07. The Morgan fingerprint density at radius 3 is 2.93 bits per heavy atom. The van der Waals surface area contributed by atoms with E-state index in [-0.39, 0.29) is 6.03 Å². The first-order valence-electron chi connectivity index (χ1n) is 9.62. The van der Waals surface area contributed by atoms with Crippen LogP contribution < -0.4 is 10.2 Å². The van der Waals surface area contributed by atoms with Gasteiger partial charge in [-0.3, -0.25) is 0 Å². The number of ether oxygens (including phenoxy) is 1. The van der Waals surface area contributed by atoms with Crippen molar-refractivity contribution >= 4 is 22.6 Å². The molecule has 1 saturated heterocycles. The summed E-state index contributed by atoms with van der Waals surface area (Å²) in [6.07, 6.45) is 1.97. The maximum atomic E-state index is 12.6. The summed E-state index contributed by atoms with van der Waals surface area (Å²) in [5.74, 6) is 1.60. The minimum absolute atomic E-state index is 0.0519. The van der Waals surface area contributed by atoms with E-state index in [1.807, 2.05) is 15.7 Å². The predicted molar refractivity (Wildman–Crippen MR) is 104 cm³/mol. The van der Waals surface area contributed by atoms with E-state index < -0.39 is 0 Å². The molecule has 0 bridgehead atoms. The lowest BCUT2D eigenvalue weighted by molar-refractivity contribution is 0.0805. The van der Waals surface area contributed by atoms with Gasteiger partial charge in [0, 0.05) is 55.5 Å². The number of carbonyl (C=O) groups excluding carboxylic acids is 1. The van der Waals surface area contributed by atoms with Crippen LogP contribution in [0.3, 0.4) is 0 Å². The number of carbonyl (C=O) groups is 1. The first-order chi connectivity index (χ1) is 13.8. The van der Waals surface area contributed by atoms with Crippen molar-refractivity contribution in [3.63, 3.8) is 0 Å². The number of fused-ring (bicyclic) bond motifs is 2. The van der Waals surface area contributed by atoms with Gasteiger partial charge in [0.15, 0.2) is 11.6 Å². The summed E-state index contributed by atoms with van der Waals surface area (Å²) < 4.78 is 7.40. The van der Waals surface area contributed by atoms with Crippen LogP contribution in [0.5, 0.6) is 0 Å². The first-order valence-corrected chi connectivity index (χ1v) is 9.62. The number of nitrogens with zero attached hydrogens (tertiary/aromatic N) is 5. The number of amides is 2. The van der Waals surface area contributed by atoms with Crippen molar-refractivity contribution in [1.29, 1.82) is 0 Å². The second-order valence-corrected chi connectivity index (χ2v) is 7.09. The molecular formula is C19H23N7O2. The Kier molecular flexibility index (Phi) is 4.36. The SMILES string of the molecule is O=C(NCc1nnc2n1CCOC2)N1CCN(c2cccc3[nH]ccc23)CC1. The topological polar surface area (TPSA) is 91.3 Å². The van der Waals surface area contributed by atoms with Gasteiger partial charge in [-0.2, -0.15) is 0 Å². The number of anilines is 1. The molecular weight excluding hydrogens is 358 g/mol. The molecule has 0 atom stereocenters. The van der Waals surface area contributed by atoms with Crippen molar-refractivity contribution in [2.75, 3.05) is 37.7 Å². The Bertz CT molecular complexity index is 987. The van der Waals surface area contributed by atoms with Crippen molar-refractivity contribution < 1.29 is 9.53 Å². The molecule has 9 nitrogen and oxygen atoms in total. The van der Waals surface area contributed by atoms with E-state index in [1.165, 1.54) is 11.1 Å². The van der Waals surface area contributed by atoms with Crippen LogP contribution in [0, 0.1) is 0 Å². The summed E-state index contributed by atoms with van der Waals surface area (Å²) in [7, 11) is 0. The lowest BCUT2D eigenvalue weighted by atomic mass is 10.2. The van der Waals surface area contributed by atoms with Crippen LogP contribution in [0.25, 0.3) is 10.9 Å². The molecule has 1 aromatic carbocycles. The van der Waals surface area contributed by atoms with Crippen LogP contribution in [0.15, 0.2) is 30.5 Å².